The number of hydrogen-bond acceptors (Lipinski definition) is 5. The van der Waals surface area contributed by atoms with Crippen molar-refractivity contribution in [2.75, 3.05) is 6.61 Å². The van der Waals surface area contributed by atoms with E-state index in [0.29, 0.717) is 18.1 Å². The van der Waals surface area contributed by atoms with Crippen LogP contribution in [0.3, 0.4) is 0 Å². The summed E-state index contributed by atoms with van der Waals surface area (Å²) in [5.74, 6) is 0.974. The van der Waals surface area contributed by atoms with E-state index >= 15 is 0 Å². The third kappa shape index (κ3) is 2.61. The number of aromatic nitrogens is 2. The smallest absolute Gasteiger partial charge is 0.244 e. The summed E-state index contributed by atoms with van der Waals surface area (Å²) in [7, 11) is 0. The summed E-state index contributed by atoms with van der Waals surface area (Å²) in [6, 6.07) is 9.88. The molecule has 0 saturated heterocycles. The van der Waals surface area contributed by atoms with E-state index in [4.69, 9.17) is 15.2 Å². The first-order valence-electron chi connectivity index (χ1n) is 7.51. The molecule has 0 aliphatic carbocycles. The Morgan fingerprint density at radius 1 is 1.48 bits per heavy atom. The predicted molar refractivity (Wildman–Crippen MR) is 84.9 cm³/mol. The number of hydrogen-bond donors (Lipinski definition) is 2. The summed E-state index contributed by atoms with van der Waals surface area (Å²) in [6.45, 7) is 4.60. The van der Waals surface area contributed by atoms with Crippen LogP contribution in [0.2, 0.25) is 0 Å². The maximum absolute atomic E-state index is 9.53. The van der Waals surface area contributed by atoms with Crippen molar-refractivity contribution in [1.82, 2.24) is 10.2 Å². The van der Waals surface area contributed by atoms with Crippen LogP contribution in [0.25, 0.3) is 0 Å². The largest absolute Gasteiger partial charge is 0.494 e. The van der Waals surface area contributed by atoms with Crippen LogP contribution in [0, 0.1) is 18.3 Å². The number of allylic oxidation sites excluding steroid dienone is 1. The Morgan fingerprint density at radius 2 is 2.30 bits per heavy atom. The molecule has 6 heteroatoms. The highest BCUT2D eigenvalue weighted by Gasteiger charge is 2.34. The van der Waals surface area contributed by atoms with E-state index in [1.165, 1.54) is 0 Å². The van der Waals surface area contributed by atoms with Gasteiger partial charge in [-0.2, -0.15) is 5.26 Å². The van der Waals surface area contributed by atoms with Gasteiger partial charge in [-0.1, -0.05) is 19.1 Å². The van der Waals surface area contributed by atoms with Crippen molar-refractivity contribution in [3.63, 3.8) is 0 Å². The Kier molecular flexibility index (Phi) is 3.94. The molecule has 1 aromatic heterocycles. The highest BCUT2D eigenvalue weighted by Crippen LogP contribution is 2.43. The van der Waals surface area contributed by atoms with Crippen molar-refractivity contribution >= 4 is 0 Å². The van der Waals surface area contributed by atoms with Gasteiger partial charge in [-0.15, -0.1) is 5.10 Å². The molecule has 0 bridgehead atoms. The molecule has 118 valence electrons. The molecule has 0 saturated carbocycles. The Balaban J connectivity index is 2.10. The Morgan fingerprint density at radius 3 is 3.04 bits per heavy atom. The molecular formula is C17H18N4O2. The zero-order chi connectivity index (χ0) is 16.4. The van der Waals surface area contributed by atoms with Crippen molar-refractivity contribution in [2.24, 2.45) is 5.73 Å². The first kappa shape index (κ1) is 15.0. The van der Waals surface area contributed by atoms with Crippen LogP contribution in [0.1, 0.15) is 36.1 Å². The second-order valence-corrected chi connectivity index (χ2v) is 5.41. The monoisotopic (exact) mass is 310 g/mol. The summed E-state index contributed by atoms with van der Waals surface area (Å²) in [5.41, 5.74) is 8.91. The van der Waals surface area contributed by atoms with Crippen molar-refractivity contribution in [1.29, 1.82) is 5.26 Å². The van der Waals surface area contributed by atoms with Gasteiger partial charge in [0.05, 0.1) is 12.5 Å². The van der Waals surface area contributed by atoms with Gasteiger partial charge in [0, 0.05) is 11.3 Å². The van der Waals surface area contributed by atoms with Gasteiger partial charge in [0.2, 0.25) is 11.8 Å². The number of nitrogens with one attached hydrogen (secondary N) is 1. The normalized spacial score (nSPS) is 16.5. The molecule has 0 radical (unpaired) electrons. The van der Waals surface area contributed by atoms with Crippen LogP contribution in [0.4, 0.5) is 0 Å². The van der Waals surface area contributed by atoms with Gasteiger partial charge in [-0.25, -0.2) is 0 Å². The van der Waals surface area contributed by atoms with Crippen LogP contribution < -0.4 is 15.2 Å². The van der Waals surface area contributed by atoms with Crippen LogP contribution in [-0.4, -0.2) is 16.8 Å². The number of nitrogens with two attached hydrogens (primary N) is 1. The predicted octanol–water partition coefficient (Wildman–Crippen LogP) is 2.73. The number of nitriles is 1. The number of nitrogens with zero attached hydrogens (tertiary/aromatic N) is 2. The molecule has 1 aliphatic rings. The third-order valence-electron chi connectivity index (χ3n) is 3.79. The molecule has 2 aromatic rings. The number of rotatable bonds is 4. The van der Waals surface area contributed by atoms with Gasteiger partial charge in [-0.3, -0.25) is 5.10 Å². The molecule has 0 unspecified atom stereocenters. The molecule has 0 fully saturated rings. The van der Waals surface area contributed by atoms with E-state index in [9.17, 15) is 5.26 Å². The van der Waals surface area contributed by atoms with Crippen molar-refractivity contribution < 1.29 is 9.47 Å². The van der Waals surface area contributed by atoms with Gasteiger partial charge in [-0.05, 0) is 31.0 Å². The minimum absolute atomic E-state index is 0.0939. The van der Waals surface area contributed by atoms with Crippen LogP contribution in [-0.2, 0) is 0 Å². The second kappa shape index (κ2) is 6.05. The van der Waals surface area contributed by atoms with E-state index in [1.54, 1.807) is 0 Å². The van der Waals surface area contributed by atoms with Crippen LogP contribution in [0.5, 0.6) is 11.6 Å². The van der Waals surface area contributed by atoms with E-state index < -0.39 is 0 Å². The minimum atomic E-state index is -0.312. The van der Waals surface area contributed by atoms with Crippen LogP contribution in [0.15, 0.2) is 35.7 Å². The van der Waals surface area contributed by atoms with Gasteiger partial charge in [0.15, 0.2) is 0 Å². The minimum Gasteiger partial charge on any atom is -0.494 e. The molecule has 3 rings (SSSR count). The van der Waals surface area contributed by atoms with Crippen LogP contribution >= 0.6 is 0 Å². The fourth-order valence-corrected chi connectivity index (χ4v) is 2.74. The molecule has 0 amide bonds. The average molecular weight is 310 g/mol. The SMILES string of the molecule is CCCOc1cccc([C@H]2C(C#N)=C(N)Oc3n[nH]c(C)c32)c1. The molecular weight excluding hydrogens is 292 g/mol. The summed E-state index contributed by atoms with van der Waals surface area (Å²) < 4.78 is 11.2. The molecule has 1 aliphatic heterocycles. The quantitative estimate of drug-likeness (QED) is 0.905. The highest BCUT2D eigenvalue weighted by atomic mass is 16.5. The zero-order valence-electron chi connectivity index (χ0n) is 13.1. The van der Waals surface area contributed by atoms with Gasteiger partial charge in [0.25, 0.3) is 0 Å². The fourth-order valence-electron chi connectivity index (χ4n) is 2.74. The zero-order valence-corrected chi connectivity index (χ0v) is 13.1. The van der Waals surface area contributed by atoms with Crippen molar-refractivity contribution in [2.45, 2.75) is 26.2 Å². The summed E-state index contributed by atoms with van der Waals surface area (Å²) in [5, 5.41) is 16.5. The summed E-state index contributed by atoms with van der Waals surface area (Å²) in [6.07, 6.45) is 0.933. The van der Waals surface area contributed by atoms with E-state index in [-0.39, 0.29) is 11.8 Å². The lowest BCUT2D eigenvalue weighted by Crippen LogP contribution is -2.21. The lowest BCUT2D eigenvalue weighted by molar-refractivity contribution is 0.317. The lowest BCUT2D eigenvalue weighted by atomic mass is 9.84. The highest BCUT2D eigenvalue weighted by molar-refractivity contribution is 5.55. The maximum atomic E-state index is 9.53. The lowest BCUT2D eigenvalue weighted by Gasteiger charge is -2.24. The number of aromatic amines is 1. The van der Waals surface area contributed by atoms with E-state index in [2.05, 4.69) is 23.2 Å². The Hall–Kier alpha value is -2.94. The van der Waals surface area contributed by atoms with Gasteiger partial charge in [0.1, 0.15) is 17.4 Å². The topological polar surface area (TPSA) is 96.9 Å². The maximum Gasteiger partial charge on any atom is 0.244 e. The van der Waals surface area contributed by atoms with Gasteiger partial charge >= 0.3 is 0 Å². The summed E-state index contributed by atoms with van der Waals surface area (Å²) >= 11 is 0. The number of ether oxygens (including phenoxy) is 2. The van der Waals surface area contributed by atoms with E-state index in [1.807, 2.05) is 31.2 Å². The van der Waals surface area contributed by atoms with Crippen molar-refractivity contribution in [3.8, 4) is 17.7 Å². The van der Waals surface area contributed by atoms with Gasteiger partial charge < -0.3 is 15.2 Å². The molecule has 0 spiro atoms. The second-order valence-electron chi connectivity index (χ2n) is 5.41. The molecule has 3 N–H and O–H groups in total. The molecule has 6 nitrogen and oxygen atoms in total. The number of H-pyrrole nitrogens is 1. The molecule has 1 atom stereocenters. The summed E-state index contributed by atoms with van der Waals surface area (Å²) in [4.78, 5) is 0. The number of fused-ring (bicyclic) bond motifs is 1. The number of benzene rings is 1. The molecule has 2 heterocycles. The standard InChI is InChI=1S/C17H18N4O2/c1-3-7-22-12-6-4-5-11(8-12)15-13(9-18)16(19)23-17-14(15)10(2)20-21-17/h4-6,8,15H,3,7,19H2,1-2H3,(H,20,21)/t15-/m0/s1. The fraction of sp³-hybridized carbons (Fsp3) is 0.294. The number of aryl methyl sites for hydroxylation is 1. The molecule has 23 heavy (non-hydrogen) atoms. The first-order valence-corrected chi connectivity index (χ1v) is 7.51. The first-order chi connectivity index (χ1) is 11.2. The Labute approximate surface area is 134 Å². The van der Waals surface area contributed by atoms with Crippen molar-refractivity contribution in [3.05, 3.63) is 52.5 Å². The average Bonchev–Trinajstić information content (AvgIpc) is 2.92. The Bertz CT molecular complexity index is 801. The van der Waals surface area contributed by atoms with E-state index in [0.717, 1.165) is 29.0 Å². The third-order valence-corrected chi connectivity index (χ3v) is 3.79. The molecule has 1 aromatic carbocycles.